The van der Waals surface area contributed by atoms with Crippen LogP contribution in [0.3, 0.4) is 0 Å². The van der Waals surface area contributed by atoms with Gasteiger partial charge in [-0.25, -0.2) is 0 Å². The van der Waals surface area contributed by atoms with Crippen molar-refractivity contribution in [3.05, 3.63) is 18.0 Å². The summed E-state index contributed by atoms with van der Waals surface area (Å²) in [6, 6.07) is 0. The Balaban J connectivity index is 2.27. The highest BCUT2D eigenvalue weighted by molar-refractivity contribution is 7.98. The second-order valence-corrected chi connectivity index (χ2v) is 4.67. The predicted molar refractivity (Wildman–Crippen MR) is 65.2 cm³/mol. The number of methoxy groups -OCH3 is 1. The third-order valence-corrected chi connectivity index (χ3v) is 3.52. The van der Waals surface area contributed by atoms with Gasteiger partial charge in [0.1, 0.15) is 0 Å². The highest BCUT2D eigenvalue weighted by Crippen LogP contribution is 2.15. The van der Waals surface area contributed by atoms with Crippen LogP contribution in [-0.4, -0.2) is 28.6 Å². The molecular weight excluding hydrogens is 224 g/mol. The molecule has 0 saturated heterocycles. The molecule has 0 aliphatic heterocycles. The van der Waals surface area contributed by atoms with E-state index in [1.165, 1.54) is 12.7 Å². The third-order valence-electron chi connectivity index (χ3n) is 2.25. The number of ether oxygens (including phenoxy) is 1. The number of thioether (sulfide) groups is 1. The van der Waals surface area contributed by atoms with Gasteiger partial charge in [-0.15, -0.1) is 0 Å². The molecule has 0 aliphatic rings. The van der Waals surface area contributed by atoms with E-state index in [4.69, 9.17) is 0 Å². The summed E-state index contributed by atoms with van der Waals surface area (Å²) in [5.74, 6) is 1.48. The standard InChI is InChI=1S/C11H18N2O2S/c1-4-13-6-10(5-12-13)8-16-7-9(2)11(14)15-3/h5-6,9H,4,7-8H2,1-3H3. The first-order valence-electron chi connectivity index (χ1n) is 5.34. The zero-order valence-electron chi connectivity index (χ0n) is 9.97. The fourth-order valence-corrected chi connectivity index (χ4v) is 2.27. The molecule has 90 valence electrons. The highest BCUT2D eigenvalue weighted by atomic mass is 32.2. The highest BCUT2D eigenvalue weighted by Gasteiger charge is 2.12. The predicted octanol–water partition coefficient (Wildman–Crippen LogP) is 1.95. The lowest BCUT2D eigenvalue weighted by molar-refractivity contribution is -0.143. The summed E-state index contributed by atoms with van der Waals surface area (Å²) in [6.07, 6.45) is 3.91. The van der Waals surface area contributed by atoms with Crippen LogP contribution in [0.2, 0.25) is 0 Å². The molecular formula is C11H18N2O2S. The second kappa shape index (κ2) is 6.58. The van der Waals surface area contributed by atoms with Crippen molar-refractivity contribution < 1.29 is 9.53 Å². The first-order valence-corrected chi connectivity index (χ1v) is 6.49. The van der Waals surface area contributed by atoms with Gasteiger partial charge in [-0.05, 0) is 12.5 Å². The SMILES string of the molecule is CCn1cc(CSCC(C)C(=O)OC)cn1. The Morgan fingerprint density at radius 2 is 2.44 bits per heavy atom. The molecule has 0 aromatic carbocycles. The summed E-state index contributed by atoms with van der Waals surface area (Å²) in [4.78, 5) is 11.2. The molecule has 0 radical (unpaired) electrons. The molecule has 16 heavy (non-hydrogen) atoms. The van der Waals surface area contributed by atoms with E-state index < -0.39 is 0 Å². The number of carbonyl (C=O) groups excluding carboxylic acids is 1. The lowest BCUT2D eigenvalue weighted by Crippen LogP contribution is -2.14. The first-order chi connectivity index (χ1) is 7.67. The summed E-state index contributed by atoms with van der Waals surface area (Å²) in [5.41, 5.74) is 1.20. The fraction of sp³-hybridized carbons (Fsp3) is 0.636. The monoisotopic (exact) mass is 242 g/mol. The molecule has 0 amide bonds. The minimum absolute atomic E-state index is 0.0452. The van der Waals surface area contributed by atoms with E-state index in [0.29, 0.717) is 0 Å². The molecule has 1 aromatic heterocycles. The zero-order valence-corrected chi connectivity index (χ0v) is 10.8. The van der Waals surface area contributed by atoms with Gasteiger partial charge >= 0.3 is 5.97 Å². The number of carbonyl (C=O) groups is 1. The Bertz CT molecular complexity index is 338. The molecule has 0 N–H and O–H groups in total. The van der Waals surface area contributed by atoms with Gasteiger partial charge in [0, 0.05) is 24.2 Å². The molecule has 1 heterocycles. The van der Waals surface area contributed by atoms with Crippen LogP contribution in [-0.2, 0) is 21.8 Å². The van der Waals surface area contributed by atoms with Crippen molar-refractivity contribution >= 4 is 17.7 Å². The third kappa shape index (κ3) is 3.89. The van der Waals surface area contributed by atoms with Gasteiger partial charge < -0.3 is 4.74 Å². The molecule has 1 unspecified atom stereocenters. The number of esters is 1. The van der Waals surface area contributed by atoms with Crippen molar-refractivity contribution in [1.29, 1.82) is 0 Å². The fourth-order valence-electron chi connectivity index (χ4n) is 1.28. The van der Waals surface area contributed by atoms with Crippen LogP contribution in [0.4, 0.5) is 0 Å². The molecule has 5 heteroatoms. The second-order valence-electron chi connectivity index (χ2n) is 3.64. The Kier molecular flexibility index (Phi) is 5.38. The van der Waals surface area contributed by atoms with E-state index in [2.05, 4.69) is 16.8 Å². The topological polar surface area (TPSA) is 44.1 Å². The number of hydrogen-bond acceptors (Lipinski definition) is 4. The van der Waals surface area contributed by atoms with Crippen molar-refractivity contribution in [2.75, 3.05) is 12.9 Å². The number of aromatic nitrogens is 2. The van der Waals surface area contributed by atoms with Gasteiger partial charge in [-0.3, -0.25) is 9.48 Å². The van der Waals surface area contributed by atoms with E-state index in [0.717, 1.165) is 18.1 Å². The van der Waals surface area contributed by atoms with Gasteiger partial charge in [0.15, 0.2) is 0 Å². The lowest BCUT2D eigenvalue weighted by atomic mass is 10.2. The molecule has 0 aliphatic carbocycles. The number of aryl methyl sites for hydroxylation is 1. The van der Waals surface area contributed by atoms with Gasteiger partial charge in [0.05, 0.1) is 19.2 Å². The van der Waals surface area contributed by atoms with Crippen LogP contribution in [0.5, 0.6) is 0 Å². The minimum Gasteiger partial charge on any atom is -0.469 e. The van der Waals surface area contributed by atoms with Gasteiger partial charge in [0.25, 0.3) is 0 Å². The number of hydrogen-bond donors (Lipinski definition) is 0. The summed E-state index contributed by atoms with van der Waals surface area (Å²) >= 11 is 1.73. The molecule has 1 rings (SSSR count). The van der Waals surface area contributed by atoms with Crippen molar-refractivity contribution in [3.8, 4) is 0 Å². The van der Waals surface area contributed by atoms with Crippen molar-refractivity contribution in [1.82, 2.24) is 9.78 Å². The van der Waals surface area contributed by atoms with Crippen LogP contribution in [0.1, 0.15) is 19.4 Å². The molecule has 0 spiro atoms. The average molecular weight is 242 g/mol. The quantitative estimate of drug-likeness (QED) is 0.715. The van der Waals surface area contributed by atoms with Crippen LogP contribution < -0.4 is 0 Å². The Morgan fingerprint density at radius 3 is 3.00 bits per heavy atom. The molecule has 1 atom stereocenters. The maximum absolute atomic E-state index is 11.2. The van der Waals surface area contributed by atoms with E-state index in [1.54, 1.807) is 11.8 Å². The molecule has 0 bridgehead atoms. The zero-order chi connectivity index (χ0) is 12.0. The van der Waals surface area contributed by atoms with E-state index >= 15 is 0 Å². The minimum atomic E-state index is -0.142. The van der Waals surface area contributed by atoms with Crippen molar-refractivity contribution in [3.63, 3.8) is 0 Å². The first kappa shape index (κ1) is 13.1. The molecule has 0 fully saturated rings. The Hall–Kier alpha value is -0.970. The van der Waals surface area contributed by atoms with Gasteiger partial charge in [-0.2, -0.15) is 16.9 Å². The van der Waals surface area contributed by atoms with Crippen molar-refractivity contribution in [2.24, 2.45) is 5.92 Å². The van der Waals surface area contributed by atoms with Gasteiger partial charge in [-0.1, -0.05) is 6.92 Å². The van der Waals surface area contributed by atoms with E-state index in [1.807, 2.05) is 24.0 Å². The van der Waals surface area contributed by atoms with Crippen LogP contribution in [0.25, 0.3) is 0 Å². The Labute approximate surface area is 100 Å². The van der Waals surface area contributed by atoms with E-state index in [-0.39, 0.29) is 11.9 Å². The summed E-state index contributed by atoms with van der Waals surface area (Å²) in [5, 5.41) is 4.20. The van der Waals surface area contributed by atoms with Crippen LogP contribution in [0, 0.1) is 5.92 Å². The van der Waals surface area contributed by atoms with E-state index in [9.17, 15) is 4.79 Å². The van der Waals surface area contributed by atoms with Crippen LogP contribution >= 0.6 is 11.8 Å². The molecule has 0 saturated carbocycles. The average Bonchev–Trinajstić information content (AvgIpc) is 2.75. The van der Waals surface area contributed by atoms with Crippen LogP contribution in [0.15, 0.2) is 12.4 Å². The normalized spacial score (nSPS) is 12.4. The summed E-state index contributed by atoms with van der Waals surface area (Å²) in [7, 11) is 1.43. The largest absolute Gasteiger partial charge is 0.469 e. The smallest absolute Gasteiger partial charge is 0.309 e. The lowest BCUT2D eigenvalue weighted by Gasteiger charge is -2.07. The molecule has 4 nitrogen and oxygen atoms in total. The number of rotatable bonds is 6. The maximum atomic E-state index is 11.2. The van der Waals surface area contributed by atoms with Gasteiger partial charge in [0.2, 0.25) is 0 Å². The Morgan fingerprint density at radius 1 is 1.69 bits per heavy atom. The summed E-state index contributed by atoms with van der Waals surface area (Å²) in [6.45, 7) is 4.83. The number of nitrogens with zero attached hydrogens (tertiary/aromatic N) is 2. The van der Waals surface area contributed by atoms with Crippen molar-refractivity contribution in [2.45, 2.75) is 26.1 Å². The maximum Gasteiger partial charge on any atom is 0.309 e. The molecule has 1 aromatic rings. The summed E-state index contributed by atoms with van der Waals surface area (Å²) < 4.78 is 6.57.